The molecule has 0 amide bonds. The van der Waals surface area contributed by atoms with E-state index in [9.17, 15) is 0 Å². The first-order chi connectivity index (χ1) is 8.06. The van der Waals surface area contributed by atoms with Gasteiger partial charge in [-0.25, -0.2) is 0 Å². The summed E-state index contributed by atoms with van der Waals surface area (Å²) in [5.74, 6) is 0. The number of rotatable bonds is 1. The van der Waals surface area contributed by atoms with Crippen molar-refractivity contribution in [3.63, 3.8) is 0 Å². The molecule has 2 aromatic rings. The van der Waals surface area contributed by atoms with Gasteiger partial charge in [0.25, 0.3) is 0 Å². The van der Waals surface area contributed by atoms with Gasteiger partial charge in [-0.15, -0.1) is 0 Å². The molecule has 17 heavy (non-hydrogen) atoms. The van der Waals surface area contributed by atoms with E-state index in [0.717, 1.165) is 5.56 Å². The molecule has 2 rings (SSSR count). The lowest BCUT2D eigenvalue weighted by Gasteiger charge is -2.05. The van der Waals surface area contributed by atoms with Crippen LogP contribution in [-0.2, 0) is 7.05 Å². The Morgan fingerprint density at radius 2 is 1.71 bits per heavy atom. The van der Waals surface area contributed by atoms with Crippen molar-refractivity contribution in [1.29, 1.82) is 5.26 Å². The topological polar surface area (TPSA) is 28.7 Å². The average Bonchev–Trinajstić information content (AvgIpc) is 2.54. The lowest BCUT2D eigenvalue weighted by molar-refractivity contribution is 0.937. The molecule has 0 bridgehead atoms. The predicted molar refractivity (Wildman–Crippen MR) is 70.6 cm³/mol. The molecular formula is C12H7Cl3N2. The van der Waals surface area contributed by atoms with Crippen LogP contribution in [0, 0.1) is 11.3 Å². The van der Waals surface area contributed by atoms with E-state index in [1.54, 1.807) is 23.7 Å². The Hall–Kier alpha value is -1.14. The number of nitriles is 1. The van der Waals surface area contributed by atoms with Crippen LogP contribution in [0.3, 0.4) is 0 Å². The first-order valence-corrected chi connectivity index (χ1v) is 5.89. The van der Waals surface area contributed by atoms with Gasteiger partial charge in [0.1, 0.15) is 11.2 Å². The summed E-state index contributed by atoms with van der Waals surface area (Å²) in [4.78, 5) is 0. The van der Waals surface area contributed by atoms with Gasteiger partial charge in [0, 0.05) is 12.1 Å². The van der Waals surface area contributed by atoms with E-state index in [2.05, 4.69) is 6.07 Å². The van der Waals surface area contributed by atoms with Crippen molar-refractivity contribution in [2.45, 2.75) is 0 Å². The molecule has 0 saturated carbocycles. The lowest BCUT2D eigenvalue weighted by Crippen LogP contribution is -1.92. The molecular weight excluding hydrogens is 279 g/mol. The second kappa shape index (κ2) is 4.62. The summed E-state index contributed by atoms with van der Waals surface area (Å²) in [6.45, 7) is 0. The van der Waals surface area contributed by atoms with E-state index in [-0.39, 0.29) is 5.02 Å². The molecule has 0 saturated heterocycles. The highest BCUT2D eigenvalue weighted by Gasteiger charge is 2.19. The Bertz CT molecular complexity index is 606. The van der Waals surface area contributed by atoms with Gasteiger partial charge in [-0.1, -0.05) is 46.9 Å². The van der Waals surface area contributed by atoms with Gasteiger partial charge >= 0.3 is 0 Å². The first-order valence-electron chi connectivity index (χ1n) is 4.76. The molecule has 0 fully saturated rings. The summed E-state index contributed by atoms with van der Waals surface area (Å²) in [5.41, 5.74) is 1.92. The molecule has 1 aromatic carbocycles. The first kappa shape index (κ1) is 12.3. The zero-order valence-corrected chi connectivity index (χ0v) is 11.1. The standard InChI is InChI=1S/C12H7Cl3N2/c1-17-11(7-2-4-8(13)5-3-7)9(6-16)10(14)12(17)15/h2-5H,1H3. The summed E-state index contributed by atoms with van der Waals surface area (Å²) >= 11 is 17.8. The Morgan fingerprint density at radius 1 is 1.12 bits per heavy atom. The largest absolute Gasteiger partial charge is 0.332 e. The second-order valence-corrected chi connectivity index (χ2v) is 4.68. The minimum Gasteiger partial charge on any atom is -0.332 e. The number of benzene rings is 1. The highest BCUT2D eigenvalue weighted by molar-refractivity contribution is 6.42. The Morgan fingerprint density at radius 3 is 2.24 bits per heavy atom. The summed E-state index contributed by atoms with van der Waals surface area (Å²) in [7, 11) is 1.76. The molecule has 0 unspecified atom stereocenters. The molecule has 0 atom stereocenters. The fraction of sp³-hybridized carbons (Fsp3) is 0.0833. The van der Waals surface area contributed by atoms with E-state index in [1.165, 1.54) is 0 Å². The van der Waals surface area contributed by atoms with E-state index < -0.39 is 0 Å². The quantitative estimate of drug-likeness (QED) is 0.757. The third-order valence-electron chi connectivity index (χ3n) is 2.50. The highest BCUT2D eigenvalue weighted by Crippen LogP contribution is 2.36. The molecule has 0 aliphatic heterocycles. The zero-order valence-electron chi connectivity index (χ0n) is 8.84. The van der Waals surface area contributed by atoms with Crippen LogP contribution in [0.15, 0.2) is 24.3 Å². The maximum atomic E-state index is 9.12. The van der Waals surface area contributed by atoms with Crippen LogP contribution >= 0.6 is 34.8 Å². The third kappa shape index (κ3) is 2.02. The van der Waals surface area contributed by atoms with Gasteiger partial charge in [-0.2, -0.15) is 5.26 Å². The minimum absolute atomic E-state index is 0.279. The molecule has 86 valence electrons. The molecule has 5 heteroatoms. The molecule has 1 heterocycles. The van der Waals surface area contributed by atoms with Gasteiger partial charge in [-0.3, -0.25) is 0 Å². The second-order valence-electron chi connectivity index (χ2n) is 3.51. The van der Waals surface area contributed by atoms with Crippen LogP contribution in [0.25, 0.3) is 11.3 Å². The van der Waals surface area contributed by atoms with Gasteiger partial charge < -0.3 is 4.57 Å². The summed E-state index contributed by atoms with van der Waals surface area (Å²) in [5, 5.41) is 10.4. The fourth-order valence-corrected chi connectivity index (χ4v) is 2.23. The van der Waals surface area contributed by atoms with Crippen molar-refractivity contribution in [1.82, 2.24) is 4.57 Å². The zero-order chi connectivity index (χ0) is 12.6. The van der Waals surface area contributed by atoms with E-state index in [4.69, 9.17) is 40.1 Å². The smallest absolute Gasteiger partial charge is 0.129 e. The van der Waals surface area contributed by atoms with Crippen LogP contribution in [-0.4, -0.2) is 4.57 Å². The normalized spacial score (nSPS) is 10.3. The van der Waals surface area contributed by atoms with Crippen molar-refractivity contribution >= 4 is 34.8 Å². The van der Waals surface area contributed by atoms with Crippen LogP contribution in [0.4, 0.5) is 0 Å². The molecule has 1 aromatic heterocycles. The lowest BCUT2D eigenvalue weighted by atomic mass is 10.1. The summed E-state index contributed by atoms with van der Waals surface area (Å²) in [6.07, 6.45) is 0. The maximum Gasteiger partial charge on any atom is 0.129 e. The van der Waals surface area contributed by atoms with Crippen molar-refractivity contribution < 1.29 is 0 Å². The summed E-state index contributed by atoms with van der Waals surface area (Å²) in [6, 6.07) is 9.23. The molecule has 0 N–H and O–H groups in total. The average molecular weight is 286 g/mol. The van der Waals surface area contributed by atoms with Crippen LogP contribution in [0.1, 0.15) is 5.56 Å². The molecule has 0 spiro atoms. The monoisotopic (exact) mass is 284 g/mol. The van der Waals surface area contributed by atoms with E-state index in [1.807, 2.05) is 12.1 Å². The third-order valence-corrected chi connectivity index (χ3v) is 3.66. The van der Waals surface area contributed by atoms with Gasteiger partial charge in [0.15, 0.2) is 0 Å². The number of halogens is 3. The number of nitrogens with zero attached hydrogens (tertiary/aromatic N) is 2. The number of hydrogen-bond acceptors (Lipinski definition) is 1. The molecule has 0 aliphatic rings. The van der Waals surface area contributed by atoms with Gasteiger partial charge in [-0.05, 0) is 17.7 Å². The molecule has 0 radical (unpaired) electrons. The van der Waals surface area contributed by atoms with E-state index >= 15 is 0 Å². The SMILES string of the molecule is Cn1c(Cl)c(Cl)c(C#N)c1-c1ccc(Cl)cc1. The van der Waals surface area contributed by atoms with Crippen LogP contribution in [0.2, 0.25) is 15.2 Å². The minimum atomic E-state index is 0.279. The van der Waals surface area contributed by atoms with E-state index in [0.29, 0.717) is 21.4 Å². The van der Waals surface area contributed by atoms with Crippen LogP contribution < -0.4 is 0 Å². The maximum absolute atomic E-state index is 9.12. The Labute approximate surface area is 114 Å². The van der Waals surface area contributed by atoms with Crippen LogP contribution in [0.5, 0.6) is 0 Å². The van der Waals surface area contributed by atoms with Crippen molar-refractivity contribution in [3.8, 4) is 17.3 Å². The van der Waals surface area contributed by atoms with Gasteiger partial charge in [0.2, 0.25) is 0 Å². The molecule has 0 aliphatic carbocycles. The summed E-state index contributed by atoms with van der Waals surface area (Å²) < 4.78 is 1.69. The Kier molecular flexibility index (Phi) is 3.35. The fourth-order valence-electron chi connectivity index (χ4n) is 1.67. The van der Waals surface area contributed by atoms with Crippen molar-refractivity contribution in [2.24, 2.45) is 7.05 Å². The van der Waals surface area contributed by atoms with Crippen molar-refractivity contribution in [3.05, 3.63) is 45.0 Å². The molecule has 2 nitrogen and oxygen atoms in total. The van der Waals surface area contributed by atoms with Gasteiger partial charge in [0.05, 0.1) is 16.3 Å². The number of aromatic nitrogens is 1. The Balaban J connectivity index is 2.72. The predicted octanol–water partition coefficient (Wildman–Crippen LogP) is 4.52. The highest BCUT2D eigenvalue weighted by atomic mass is 35.5. The number of hydrogen-bond donors (Lipinski definition) is 0. The van der Waals surface area contributed by atoms with Crippen molar-refractivity contribution in [2.75, 3.05) is 0 Å².